The Bertz CT molecular complexity index is 406. The summed E-state index contributed by atoms with van der Waals surface area (Å²) in [5, 5.41) is 17.0. The molecule has 16 heavy (non-hydrogen) atoms. The number of carboxylic acid groups (broad SMARTS) is 1. The van der Waals surface area contributed by atoms with Crippen LogP contribution in [0.15, 0.2) is 6.07 Å². The smallest absolute Gasteiger partial charge is 0.306 e. The van der Waals surface area contributed by atoms with Gasteiger partial charge in [-0.05, 0) is 31.7 Å². The van der Waals surface area contributed by atoms with Crippen LogP contribution in [-0.4, -0.2) is 27.9 Å². The van der Waals surface area contributed by atoms with E-state index in [0.29, 0.717) is 31.7 Å². The quantitative estimate of drug-likeness (QED) is 0.828. The van der Waals surface area contributed by atoms with Crippen LogP contribution in [0, 0.1) is 5.92 Å². The van der Waals surface area contributed by atoms with Crippen LogP contribution in [0.1, 0.15) is 24.6 Å². The van der Waals surface area contributed by atoms with Gasteiger partial charge in [-0.25, -0.2) is 0 Å². The summed E-state index contributed by atoms with van der Waals surface area (Å²) in [7, 11) is 0. The molecule has 1 atom stereocenters. The predicted molar refractivity (Wildman–Crippen MR) is 56.4 cm³/mol. The van der Waals surface area contributed by atoms with E-state index in [1.807, 2.05) is 6.92 Å². The Hall–Kier alpha value is -1.65. The lowest BCUT2D eigenvalue weighted by Gasteiger charge is -2.20. The van der Waals surface area contributed by atoms with Gasteiger partial charge >= 0.3 is 5.97 Å². The van der Waals surface area contributed by atoms with Gasteiger partial charge in [0.05, 0.1) is 18.2 Å². The number of rotatable bonds is 3. The lowest BCUT2D eigenvalue weighted by molar-refractivity contribution is -0.142. The van der Waals surface area contributed by atoms with E-state index < -0.39 is 5.97 Å². The molecular formula is C11H14N2O3. The minimum Gasteiger partial charge on any atom is -0.481 e. The number of carbonyl (C=O) groups is 1. The van der Waals surface area contributed by atoms with E-state index in [2.05, 4.69) is 10.2 Å². The second-order valence-corrected chi connectivity index (χ2v) is 3.87. The standard InChI is InChI=1S/C11H14N2O3/c1-2-16-10-6-8-5-7(11(14)15)3-4-9(8)12-13-10/h6-7H,2-5H2,1H3,(H,14,15)/t7-/m0/s1. The molecule has 86 valence electrons. The third-order valence-electron chi connectivity index (χ3n) is 2.78. The molecule has 0 bridgehead atoms. The Morgan fingerprint density at radius 3 is 3.12 bits per heavy atom. The fourth-order valence-electron chi connectivity index (χ4n) is 1.93. The third-order valence-corrected chi connectivity index (χ3v) is 2.78. The number of nitrogens with zero attached hydrogens (tertiary/aromatic N) is 2. The van der Waals surface area contributed by atoms with Crippen LogP contribution < -0.4 is 4.74 Å². The van der Waals surface area contributed by atoms with E-state index in [9.17, 15) is 4.79 Å². The van der Waals surface area contributed by atoms with Crippen LogP contribution in [0.4, 0.5) is 0 Å². The first kappa shape index (κ1) is 10.9. The average Bonchev–Trinajstić information content (AvgIpc) is 2.28. The summed E-state index contributed by atoms with van der Waals surface area (Å²) in [4.78, 5) is 10.9. The zero-order chi connectivity index (χ0) is 11.5. The molecule has 5 nitrogen and oxygen atoms in total. The van der Waals surface area contributed by atoms with Crippen molar-refractivity contribution in [3.05, 3.63) is 17.3 Å². The van der Waals surface area contributed by atoms with Crippen molar-refractivity contribution in [1.82, 2.24) is 10.2 Å². The summed E-state index contributed by atoms with van der Waals surface area (Å²) >= 11 is 0. The highest BCUT2D eigenvalue weighted by molar-refractivity contribution is 5.70. The summed E-state index contributed by atoms with van der Waals surface area (Å²) < 4.78 is 5.25. The Labute approximate surface area is 93.5 Å². The Morgan fingerprint density at radius 2 is 2.44 bits per heavy atom. The van der Waals surface area contributed by atoms with E-state index >= 15 is 0 Å². The third kappa shape index (κ3) is 2.13. The molecule has 1 aromatic rings. The maximum absolute atomic E-state index is 10.9. The minimum atomic E-state index is -0.736. The van der Waals surface area contributed by atoms with Crippen molar-refractivity contribution >= 4 is 5.97 Å². The molecule has 0 amide bonds. The highest BCUT2D eigenvalue weighted by Crippen LogP contribution is 2.25. The number of aryl methyl sites for hydroxylation is 1. The first-order chi connectivity index (χ1) is 7.70. The van der Waals surface area contributed by atoms with Gasteiger partial charge in [0.1, 0.15) is 0 Å². The number of aromatic nitrogens is 2. The predicted octanol–water partition coefficient (Wildman–Crippen LogP) is 1.06. The topological polar surface area (TPSA) is 72.3 Å². The molecule has 1 heterocycles. The van der Waals surface area contributed by atoms with Gasteiger partial charge in [0.2, 0.25) is 5.88 Å². The summed E-state index contributed by atoms with van der Waals surface area (Å²) in [6, 6.07) is 1.81. The van der Waals surface area contributed by atoms with E-state index in [0.717, 1.165) is 11.3 Å². The molecule has 1 aromatic heterocycles. The second kappa shape index (κ2) is 4.47. The second-order valence-electron chi connectivity index (χ2n) is 3.87. The summed E-state index contributed by atoms with van der Waals surface area (Å²) in [6.07, 6.45) is 1.86. The molecule has 0 aromatic carbocycles. The molecule has 0 aliphatic heterocycles. The van der Waals surface area contributed by atoms with Crippen molar-refractivity contribution in [2.24, 2.45) is 5.92 Å². The Balaban J connectivity index is 2.21. The van der Waals surface area contributed by atoms with E-state index in [-0.39, 0.29) is 5.92 Å². The maximum Gasteiger partial charge on any atom is 0.306 e. The molecule has 0 spiro atoms. The number of fused-ring (bicyclic) bond motifs is 1. The fourth-order valence-corrected chi connectivity index (χ4v) is 1.93. The SMILES string of the molecule is CCOc1cc2c(nn1)CC[C@H](C(=O)O)C2. The van der Waals surface area contributed by atoms with E-state index in [1.165, 1.54) is 0 Å². The molecule has 0 saturated carbocycles. The Kier molecular flexibility index (Phi) is 3.03. The van der Waals surface area contributed by atoms with Gasteiger partial charge in [0.15, 0.2) is 0 Å². The van der Waals surface area contributed by atoms with Gasteiger partial charge in [-0.3, -0.25) is 4.79 Å². The monoisotopic (exact) mass is 222 g/mol. The molecule has 1 aliphatic rings. The molecule has 5 heteroatoms. The molecule has 2 rings (SSSR count). The summed E-state index contributed by atoms with van der Waals surface area (Å²) in [5.41, 5.74) is 1.86. The molecule has 0 unspecified atom stereocenters. The number of hydrogen-bond donors (Lipinski definition) is 1. The van der Waals surface area contributed by atoms with Crippen LogP contribution in [0.25, 0.3) is 0 Å². The lowest BCUT2D eigenvalue weighted by Crippen LogP contribution is -2.23. The molecule has 0 saturated heterocycles. The summed E-state index contributed by atoms with van der Waals surface area (Å²) in [5.74, 6) is -0.557. The normalized spacial score (nSPS) is 18.9. The highest BCUT2D eigenvalue weighted by atomic mass is 16.5. The van der Waals surface area contributed by atoms with Crippen molar-refractivity contribution in [1.29, 1.82) is 0 Å². The van der Waals surface area contributed by atoms with Gasteiger partial charge in [-0.15, -0.1) is 5.10 Å². The molecule has 0 fully saturated rings. The van der Waals surface area contributed by atoms with Crippen molar-refractivity contribution < 1.29 is 14.6 Å². The van der Waals surface area contributed by atoms with Crippen LogP contribution in [0.2, 0.25) is 0 Å². The van der Waals surface area contributed by atoms with Crippen LogP contribution >= 0.6 is 0 Å². The minimum absolute atomic E-state index is 0.300. The number of aliphatic carboxylic acids is 1. The molecule has 1 aliphatic carbocycles. The molecular weight excluding hydrogens is 208 g/mol. The van der Waals surface area contributed by atoms with Crippen molar-refractivity contribution in [3.63, 3.8) is 0 Å². The fraction of sp³-hybridized carbons (Fsp3) is 0.545. The lowest BCUT2D eigenvalue weighted by atomic mass is 9.87. The average molecular weight is 222 g/mol. The van der Waals surface area contributed by atoms with E-state index in [4.69, 9.17) is 9.84 Å². The van der Waals surface area contributed by atoms with Gasteiger partial charge in [-0.1, -0.05) is 0 Å². The maximum atomic E-state index is 10.9. The Morgan fingerprint density at radius 1 is 1.62 bits per heavy atom. The van der Waals surface area contributed by atoms with Gasteiger partial charge in [0.25, 0.3) is 0 Å². The van der Waals surface area contributed by atoms with Crippen LogP contribution in [0.5, 0.6) is 5.88 Å². The largest absolute Gasteiger partial charge is 0.481 e. The zero-order valence-corrected chi connectivity index (χ0v) is 9.14. The first-order valence-corrected chi connectivity index (χ1v) is 5.41. The van der Waals surface area contributed by atoms with Crippen molar-refractivity contribution in [2.45, 2.75) is 26.2 Å². The number of hydrogen-bond acceptors (Lipinski definition) is 4. The molecule has 0 radical (unpaired) electrons. The van der Waals surface area contributed by atoms with Gasteiger partial charge < -0.3 is 9.84 Å². The summed E-state index contributed by atoms with van der Waals surface area (Å²) in [6.45, 7) is 2.41. The van der Waals surface area contributed by atoms with E-state index in [1.54, 1.807) is 6.07 Å². The first-order valence-electron chi connectivity index (χ1n) is 5.41. The molecule has 1 N–H and O–H groups in total. The zero-order valence-electron chi connectivity index (χ0n) is 9.14. The number of ether oxygens (including phenoxy) is 1. The number of carboxylic acids is 1. The van der Waals surface area contributed by atoms with Crippen LogP contribution in [-0.2, 0) is 17.6 Å². The highest BCUT2D eigenvalue weighted by Gasteiger charge is 2.25. The van der Waals surface area contributed by atoms with Gasteiger partial charge in [-0.2, -0.15) is 5.10 Å². The van der Waals surface area contributed by atoms with Crippen molar-refractivity contribution in [3.8, 4) is 5.88 Å². The van der Waals surface area contributed by atoms with Gasteiger partial charge in [0, 0.05) is 6.07 Å². The van der Waals surface area contributed by atoms with Crippen LogP contribution in [0.3, 0.4) is 0 Å². The van der Waals surface area contributed by atoms with Crippen molar-refractivity contribution in [2.75, 3.05) is 6.61 Å².